The second-order valence-corrected chi connectivity index (χ2v) is 10.7. The Bertz CT molecular complexity index is 1590. The third-order valence-electron chi connectivity index (χ3n) is 5.78. The molecule has 0 atom stereocenters. The predicted molar refractivity (Wildman–Crippen MR) is 164 cm³/mol. The second-order valence-electron chi connectivity index (χ2n) is 9.21. The van der Waals surface area contributed by atoms with Gasteiger partial charge in [-0.3, -0.25) is 14.4 Å². The Hall–Kier alpha value is -4.40. The molecule has 4 rings (SSSR count). The van der Waals surface area contributed by atoms with Crippen LogP contribution in [0.15, 0.2) is 102 Å². The summed E-state index contributed by atoms with van der Waals surface area (Å²) >= 11 is 7.48. The quantitative estimate of drug-likeness (QED) is 0.142. The molecule has 6 nitrogen and oxygen atoms in total. The molecule has 9 heteroatoms. The number of amides is 3. The highest BCUT2D eigenvalue weighted by atomic mass is 35.5. The second kappa shape index (κ2) is 13.8. The Labute approximate surface area is 247 Å². The first-order chi connectivity index (χ1) is 19.7. The maximum absolute atomic E-state index is 14.5. The van der Waals surface area contributed by atoms with E-state index in [0.717, 1.165) is 21.7 Å². The summed E-state index contributed by atoms with van der Waals surface area (Å²) in [4.78, 5) is 39.4. The van der Waals surface area contributed by atoms with Gasteiger partial charge in [0, 0.05) is 27.4 Å². The lowest BCUT2D eigenvalue weighted by Gasteiger charge is -2.13. The largest absolute Gasteiger partial charge is 0.325 e. The first kappa shape index (κ1) is 29.6. The van der Waals surface area contributed by atoms with Crippen LogP contribution in [0, 0.1) is 19.7 Å². The van der Waals surface area contributed by atoms with Crippen LogP contribution in [0.25, 0.3) is 6.08 Å². The van der Waals surface area contributed by atoms with E-state index in [9.17, 15) is 18.8 Å². The Kier molecular flexibility index (Phi) is 9.95. The Morgan fingerprint density at radius 2 is 1.54 bits per heavy atom. The topological polar surface area (TPSA) is 87.3 Å². The average molecular weight is 588 g/mol. The molecule has 4 aromatic rings. The van der Waals surface area contributed by atoms with E-state index in [4.69, 9.17) is 11.6 Å². The molecule has 0 unspecified atom stereocenters. The van der Waals surface area contributed by atoms with E-state index in [1.807, 2.05) is 38.1 Å². The van der Waals surface area contributed by atoms with Gasteiger partial charge < -0.3 is 16.0 Å². The molecule has 0 fully saturated rings. The van der Waals surface area contributed by atoms with Gasteiger partial charge in [-0.05, 0) is 85.6 Å². The maximum Gasteiger partial charge on any atom is 0.272 e. The first-order valence-corrected chi connectivity index (χ1v) is 14.0. The maximum atomic E-state index is 14.5. The molecular weight excluding hydrogens is 561 g/mol. The Morgan fingerprint density at radius 3 is 2.24 bits per heavy atom. The monoisotopic (exact) mass is 587 g/mol. The van der Waals surface area contributed by atoms with E-state index in [2.05, 4.69) is 16.0 Å². The van der Waals surface area contributed by atoms with Crippen molar-refractivity contribution in [2.75, 3.05) is 16.4 Å². The van der Waals surface area contributed by atoms with E-state index in [0.29, 0.717) is 11.3 Å². The Balaban J connectivity index is 1.48. The summed E-state index contributed by atoms with van der Waals surface area (Å²) in [6.45, 7) is 3.94. The molecule has 0 heterocycles. The number of halogens is 2. The fourth-order valence-corrected chi connectivity index (χ4v) is 4.96. The van der Waals surface area contributed by atoms with E-state index < -0.39 is 17.6 Å². The molecule has 0 saturated carbocycles. The summed E-state index contributed by atoms with van der Waals surface area (Å²) in [5.41, 5.74) is 3.37. The van der Waals surface area contributed by atoms with Gasteiger partial charge in [0.1, 0.15) is 11.5 Å². The smallest absolute Gasteiger partial charge is 0.272 e. The summed E-state index contributed by atoms with van der Waals surface area (Å²) in [5.74, 6) is -1.87. The number of thioether (sulfide) groups is 1. The number of carbonyl (C=O) groups is 3. The highest BCUT2D eigenvalue weighted by molar-refractivity contribution is 8.00. The lowest BCUT2D eigenvalue weighted by Crippen LogP contribution is -2.30. The average Bonchev–Trinajstić information content (AvgIpc) is 2.93. The van der Waals surface area contributed by atoms with E-state index in [-0.39, 0.29) is 27.9 Å². The summed E-state index contributed by atoms with van der Waals surface area (Å²) in [7, 11) is 0. The predicted octanol–water partition coefficient (Wildman–Crippen LogP) is 7.24. The summed E-state index contributed by atoms with van der Waals surface area (Å²) in [6.07, 6.45) is 1.20. The molecule has 0 aliphatic rings. The number of hydrogen-bond donors (Lipinski definition) is 3. The van der Waals surface area contributed by atoms with Crippen molar-refractivity contribution in [3.63, 3.8) is 0 Å². The van der Waals surface area contributed by atoms with Gasteiger partial charge in [-0.2, -0.15) is 0 Å². The van der Waals surface area contributed by atoms with Crippen molar-refractivity contribution in [3.05, 3.63) is 130 Å². The molecule has 0 saturated heterocycles. The number of nitrogens with one attached hydrogen (secondary N) is 3. The third-order valence-corrected chi connectivity index (χ3v) is 7.11. The number of hydrogen-bond acceptors (Lipinski definition) is 4. The van der Waals surface area contributed by atoms with Crippen molar-refractivity contribution in [2.24, 2.45) is 0 Å². The minimum atomic E-state index is -0.677. The van der Waals surface area contributed by atoms with Crippen LogP contribution in [-0.2, 0) is 9.59 Å². The van der Waals surface area contributed by atoms with Crippen LogP contribution in [0.1, 0.15) is 27.0 Å². The molecule has 0 spiro atoms. The van der Waals surface area contributed by atoms with Crippen LogP contribution >= 0.6 is 23.4 Å². The molecule has 4 aromatic carbocycles. The number of rotatable bonds is 9. The minimum absolute atomic E-state index is 0.0354. The third kappa shape index (κ3) is 8.54. The number of carbonyl (C=O) groups excluding carboxylic acids is 3. The van der Waals surface area contributed by atoms with Crippen molar-refractivity contribution >= 4 is 58.5 Å². The van der Waals surface area contributed by atoms with Crippen LogP contribution in [-0.4, -0.2) is 23.5 Å². The van der Waals surface area contributed by atoms with Crippen LogP contribution in [0.2, 0.25) is 5.02 Å². The zero-order chi connectivity index (χ0) is 29.4. The molecule has 0 aliphatic heterocycles. The summed E-state index contributed by atoms with van der Waals surface area (Å²) in [6, 6.07) is 25.3. The van der Waals surface area contributed by atoms with Crippen LogP contribution in [0.4, 0.5) is 15.8 Å². The number of anilines is 2. The number of benzene rings is 4. The van der Waals surface area contributed by atoms with Gasteiger partial charge in [0.05, 0.1) is 10.8 Å². The van der Waals surface area contributed by atoms with E-state index in [1.165, 1.54) is 36.0 Å². The summed E-state index contributed by atoms with van der Waals surface area (Å²) < 4.78 is 14.5. The van der Waals surface area contributed by atoms with Gasteiger partial charge in [0.25, 0.3) is 11.8 Å². The van der Waals surface area contributed by atoms with Crippen molar-refractivity contribution in [2.45, 2.75) is 18.7 Å². The lowest BCUT2D eigenvalue weighted by molar-refractivity contribution is -0.114. The molecular formula is C32H27ClFN3O3S. The molecule has 0 bridgehead atoms. The van der Waals surface area contributed by atoms with E-state index >= 15 is 0 Å². The fraction of sp³-hybridized carbons (Fsp3) is 0.0938. The first-order valence-electron chi connectivity index (χ1n) is 12.6. The van der Waals surface area contributed by atoms with Crippen LogP contribution in [0.3, 0.4) is 0 Å². The summed E-state index contributed by atoms with van der Waals surface area (Å²) in [5, 5.41) is 8.29. The molecule has 3 amide bonds. The fourth-order valence-electron chi connectivity index (χ4n) is 3.99. The van der Waals surface area contributed by atoms with Crippen molar-refractivity contribution in [1.82, 2.24) is 5.32 Å². The molecule has 3 N–H and O–H groups in total. The zero-order valence-corrected chi connectivity index (χ0v) is 23.9. The SMILES string of the molecule is Cc1cc(C)cc(NC(=O)CSc2cccc(NC(=O)/C(=C\c3c(F)cccc3Cl)NC(=O)c3ccccc3)c2)c1. The molecule has 0 aromatic heterocycles. The van der Waals surface area contributed by atoms with Gasteiger partial charge in [0.15, 0.2) is 0 Å². The standard InChI is InChI=1S/C32H27ClFN3O3S/c1-20-14-21(2)16-24(15-20)35-30(38)19-41-25-11-6-10-23(17-25)36-32(40)29(18-26-27(33)12-7-13-28(26)34)37-31(39)22-8-4-3-5-9-22/h3-18H,19H2,1-2H3,(H,35,38)(H,36,40)(H,37,39)/b29-18+. The van der Waals surface area contributed by atoms with Crippen LogP contribution < -0.4 is 16.0 Å². The van der Waals surface area contributed by atoms with Gasteiger partial charge in [-0.15, -0.1) is 11.8 Å². The highest BCUT2D eigenvalue weighted by Crippen LogP contribution is 2.24. The number of aryl methyl sites for hydroxylation is 2. The molecule has 41 heavy (non-hydrogen) atoms. The lowest BCUT2D eigenvalue weighted by atomic mass is 10.1. The molecule has 0 radical (unpaired) electrons. The Morgan fingerprint density at radius 1 is 0.829 bits per heavy atom. The normalized spacial score (nSPS) is 11.1. The van der Waals surface area contributed by atoms with Crippen molar-refractivity contribution in [3.8, 4) is 0 Å². The zero-order valence-electron chi connectivity index (χ0n) is 22.3. The van der Waals surface area contributed by atoms with Gasteiger partial charge in [-0.25, -0.2) is 4.39 Å². The van der Waals surface area contributed by atoms with Gasteiger partial charge >= 0.3 is 0 Å². The molecule has 208 valence electrons. The molecule has 0 aliphatic carbocycles. The van der Waals surface area contributed by atoms with Crippen molar-refractivity contribution < 1.29 is 18.8 Å². The minimum Gasteiger partial charge on any atom is -0.325 e. The van der Waals surface area contributed by atoms with E-state index in [1.54, 1.807) is 48.5 Å². The van der Waals surface area contributed by atoms with Crippen LogP contribution in [0.5, 0.6) is 0 Å². The van der Waals surface area contributed by atoms with Gasteiger partial charge in [0.2, 0.25) is 5.91 Å². The highest BCUT2D eigenvalue weighted by Gasteiger charge is 2.17. The van der Waals surface area contributed by atoms with Crippen molar-refractivity contribution in [1.29, 1.82) is 0 Å². The van der Waals surface area contributed by atoms with Gasteiger partial charge in [-0.1, -0.05) is 48.0 Å².